The molecule has 1 heterocycles. The molecule has 5 heteroatoms. The Balaban J connectivity index is 1.63. The Morgan fingerprint density at radius 1 is 1.14 bits per heavy atom. The first-order valence-corrected chi connectivity index (χ1v) is 7.01. The van der Waals surface area contributed by atoms with Crippen molar-refractivity contribution in [2.45, 2.75) is 12.3 Å². The van der Waals surface area contributed by atoms with Crippen LogP contribution in [0.25, 0.3) is 0 Å². The van der Waals surface area contributed by atoms with Gasteiger partial charge in [0, 0.05) is 11.1 Å². The van der Waals surface area contributed by atoms with Gasteiger partial charge >= 0.3 is 0 Å². The maximum Gasteiger partial charge on any atom is 0.260 e. The zero-order chi connectivity index (χ0) is 15.4. The molecule has 0 bridgehead atoms. The smallest absolute Gasteiger partial charge is 0.260 e. The Morgan fingerprint density at radius 2 is 1.91 bits per heavy atom. The maximum absolute atomic E-state index is 12.0. The molecular formula is C17H15NO4. The van der Waals surface area contributed by atoms with E-state index in [9.17, 15) is 9.59 Å². The van der Waals surface area contributed by atoms with E-state index in [1.54, 1.807) is 24.3 Å². The molecule has 1 N–H and O–H groups in total. The lowest BCUT2D eigenvalue weighted by Gasteiger charge is -2.24. The van der Waals surface area contributed by atoms with E-state index >= 15 is 0 Å². The summed E-state index contributed by atoms with van der Waals surface area (Å²) in [5, 5.41) is 0. The highest BCUT2D eigenvalue weighted by Gasteiger charge is 2.28. The molecular weight excluding hydrogens is 282 g/mol. The van der Waals surface area contributed by atoms with Crippen LogP contribution in [0.5, 0.6) is 11.5 Å². The van der Waals surface area contributed by atoms with Crippen molar-refractivity contribution in [1.29, 1.82) is 0 Å². The number of rotatable bonds is 5. The Bertz CT molecular complexity index is 681. The van der Waals surface area contributed by atoms with Crippen LogP contribution in [0, 0.1) is 0 Å². The van der Waals surface area contributed by atoms with Crippen molar-refractivity contribution in [3.8, 4) is 11.5 Å². The number of carbonyl (C=O) groups is 2. The van der Waals surface area contributed by atoms with Gasteiger partial charge in [0.1, 0.15) is 12.0 Å². The number of amides is 1. The number of hydroxylamine groups is 1. The molecule has 1 aliphatic heterocycles. The van der Waals surface area contributed by atoms with Gasteiger partial charge in [0.25, 0.3) is 5.91 Å². The number of benzene rings is 2. The highest BCUT2D eigenvalue weighted by atomic mass is 16.7. The minimum Gasteiger partial charge on any atom is -0.494 e. The summed E-state index contributed by atoms with van der Waals surface area (Å²) in [5.41, 5.74) is 3.89. The largest absolute Gasteiger partial charge is 0.494 e. The number of fused-ring (bicyclic) bond motifs is 1. The lowest BCUT2D eigenvalue weighted by atomic mass is 9.93. The lowest BCUT2D eigenvalue weighted by Crippen LogP contribution is -2.37. The van der Waals surface area contributed by atoms with Gasteiger partial charge in [0.15, 0.2) is 5.75 Å². The number of hydrogen-bond donors (Lipinski definition) is 1. The highest BCUT2D eigenvalue weighted by molar-refractivity contribution is 5.85. The predicted molar refractivity (Wildman–Crippen MR) is 79.9 cm³/mol. The molecule has 1 aliphatic rings. The minimum absolute atomic E-state index is 0.168. The Kier molecular flexibility index (Phi) is 4.05. The van der Waals surface area contributed by atoms with Gasteiger partial charge in [-0.25, -0.2) is 0 Å². The molecule has 0 aromatic heterocycles. The van der Waals surface area contributed by atoms with Gasteiger partial charge in [-0.1, -0.05) is 18.2 Å². The lowest BCUT2D eigenvalue weighted by molar-refractivity contribution is -0.131. The van der Waals surface area contributed by atoms with Crippen LogP contribution < -0.4 is 15.1 Å². The fourth-order valence-corrected chi connectivity index (χ4v) is 2.40. The first-order chi connectivity index (χ1) is 10.8. The van der Waals surface area contributed by atoms with Crippen LogP contribution in [0.2, 0.25) is 0 Å². The molecule has 22 heavy (non-hydrogen) atoms. The van der Waals surface area contributed by atoms with E-state index in [2.05, 4.69) is 5.48 Å². The molecule has 5 nitrogen and oxygen atoms in total. The molecule has 1 atom stereocenters. The van der Waals surface area contributed by atoms with Gasteiger partial charge in [0.2, 0.25) is 0 Å². The first kappa shape index (κ1) is 14.1. The molecule has 0 fully saturated rings. The summed E-state index contributed by atoms with van der Waals surface area (Å²) in [6.45, 7) is 0.396. The SMILES string of the molecule is O=Cc1ccc(OCCC2C(=O)NOc3ccccc32)cc1. The van der Waals surface area contributed by atoms with Crippen LogP contribution in [-0.2, 0) is 4.79 Å². The molecule has 1 unspecified atom stereocenters. The van der Waals surface area contributed by atoms with Gasteiger partial charge in [-0.3, -0.25) is 9.59 Å². The molecule has 3 rings (SSSR count). The second-order valence-corrected chi connectivity index (χ2v) is 4.98. The van der Waals surface area contributed by atoms with Crippen LogP contribution in [0.3, 0.4) is 0 Å². The number of hydrogen-bond acceptors (Lipinski definition) is 4. The minimum atomic E-state index is -0.292. The number of para-hydroxylation sites is 1. The molecule has 2 aromatic rings. The van der Waals surface area contributed by atoms with Gasteiger partial charge < -0.3 is 9.57 Å². The van der Waals surface area contributed by atoms with E-state index < -0.39 is 0 Å². The van der Waals surface area contributed by atoms with E-state index in [1.807, 2.05) is 24.3 Å². The monoisotopic (exact) mass is 297 g/mol. The van der Waals surface area contributed by atoms with E-state index in [0.29, 0.717) is 30.1 Å². The molecule has 112 valence electrons. The molecule has 2 aromatic carbocycles. The molecule has 0 saturated carbocycles. The number of nitrogens with one attached hydrogen (secondary N) is 1. The van der Waals surface area contributed by atoms with Crippen molar-refractivity contribution in [2.75, 3.05) is 6.61 Å². The van der Waals surface area contributed by atoms with Crippen LogP contribution in [0.4, 0.5) is 0 Å². The van der Waals surface area contributed by atoms with Crippen molar-refractivity contribution < 1.29 is 19.2 Å². The summed E-state index contributed by atoms with van der Waals surface area (Å²) < 4.78 is 5.63. The third-order valence-corrected chi connectivity index (χ3v) is 3.56. The highest BCUT2D eigenvalue weighted by Crippen LogP contribution is 2.32. The van der Waals surface area contributed by atoms with Gasteiger partial charge in [-0.15, -0.1) is 0 Å². The van der Waals surface area contributed by atoms with Crippen LogP contribution in [0.15, 0.2) is 48.5 Å². The zero-order valence-electron chi connectivity index (χ0n) is 11.8. The maximum atomic E-state index is 12.0. The molecule has 0 spiro atoms. The Hall–Kier alpha value is -2.82. The van der Waals surface area contributed by atoms with E-state index in [1.165, 1.54) is 0 Å². The number of aldehydes is 1. The third-order valence-electron chi connectivity index (χ3n) is 3.56. The molecule has 1 amide bonds. The second kappa shape index (κ2) is 6.30. The van der Waals surface area contributed by atoms with Crippen LogP contribution in [0.1, 0.15) is 28.3 Å². The van der Waals surface area contributed by atoms with Gasteiger partial charge in [0.05, 0.1) is 12.5 Å². The van der Waals surface area contributed by atoms with Crippen molar-refractivity contribution >= 4 is 12.2 Å². The van der Waals surface area contributed by atoms with E-state index in [-0.39, 0.29) is 11.8 Å². The van der Waals surface area contributed by atoms with Crippen molar-refractivity contribution in [1.82, 2.24) is 5.48 Å². The first-order valence-electron chi connectivity index (χ1n) is 7.01. The van der Waals surface area contributed by atoms with Gasteiger partial charge in [-0.2, -0.15) is 5.48 Å². The van der Waals surface area contributed by atoms with E-state index in [4.69, 9.17) is 9.57 Å². The normalized spacial score (nSPS) is 16.2. The number of ether oxygens (including phenoxy) is 1. The quantitative estimate of drug-likeness (QED) is 0.861. The average Bonchev–Trinajstić information content (AvgIpc) is 2.57. The Morgan fingerprint density at radius 3 is 2.68 bits per heavy atom. The molecule has 0 saturated heterocycles. The fraction of sp³-hybridized carbons (Fsp3) is 0.176. The third kappa shape index (κ3) is 2.93. The summed E-state index contributed by atoms with van der Waals surface area (Å²) >= 11 is 0. The average molecular weight is 297 g/mol. The molecule has 0 radical (unpaired) electrons. The summed E-state index contributed by atoms with van der Waals surface area (Å²) in [6, 6.07) is 14.3. The van der Waals surface area contributed by atoms with Crippen LogP contribution >= 0.6 is 0 Å². The molecule has 0 aliphatic carbocycles. The predicted octanol–water partition coefficient (Wildman–Crippen LogP) is 2.48. The van der Waals surface area contributed by atoms with Gasteiger partial charge in [-0.05, 0) is 36.8 Å². The second-order valence-electron chi connectivity index (χ2n) is 4.98. The summed E-state index contributed by atoms with van der Waals surface area (Å²) in [4.78, 5) is 27.7. The topological polar surface area (TPSA) is 64.6 Å². The van der Waals surface area contributed by atoms with Crippen LogP contribution in [-0.4, -0.2) is 18.8 Å². The summed E-state index contributed by atoms with van der Waals surface area (Å²) in [6.07, 6.45) is 1.33. The zero-order valence-corrected chi connectivity index (χ0v) is 11.8. The summed E-state index contributed by atoms with van der Waals surface area (Å²) in [7, 11) is 0. The Labute approximate surface area is 127 Å². The fourth-order valence-electron chi connectivity index (χ4n) is 2.40. The van der Waals surface area contributed by atoms with E-state index in [0.717, 1.165) is 11.8 Å². The van der Waals surface area contributed by atoms with Crippen molar-refractivity contribution in [2.24, 2.45) is 0 Å². The number of carbonyl (C=O) groups excluding carboxylic acids is 2. The summed E-state index contributed by atoms with van der Waals surface area (Å²) in [5.74, 6) is 0.881. The van der Waals surface area contributed by atoms with Crippen molar-refractivity contribution in [3.05, 3.63) is 59.7 Å². The van der Waals surface area contributed by atoms with Crippen molar-refractivity contribution in [3.63, 3.8) is 0 Å². The standard InChI is InChI=1S/C17H15NO4/c19-11-12-5-7-13(8-6-12)21-10-9-15-14-3-1-2-4-16(14)22-18-17(15)20/h1-8,11,15H,9-10H2,(H,18,20).